The molecule has 4 rings (SSSR count). The zero-order valence-electron chi connectivity index (χ0n) is 18.0. The molecule has 3 N–H and O–H groups in total. The van der Waals surface area contributed by atoms with Crippen molar-refractivity contribution >= 4 is 58.3 Å². The van der Waals surface area contributed by atoms with Crippen LogP contribution in [0.3, 0.4) is 0 Å². The summed E-state index contributed by atoms with van der Waals surface area (Å²) >= 11 is 6.15. The molecule has 3 heterocycles. The molecule has 3 aromatic rings. The Morgan fingerprint density at radius 3 is 2.77 bits per heavy atom. The summed E-state index contributed by atoms with van der Waals surface area (Å²) in [5, 5.41) is 8.97. The molecule has 0 atom stereocenters. The van der Waals surface area contributed by atoms with E-state index in [0.29, 0.717) is 6.04 Å². The second-order valence-corrected chi connectivity index (χ2v) is 8.29. The highest BCUT2D eigenvalue weighted by Gasteiger charge is 2.20. The number of anilines is 1. The fourth-order valence-electron chi connectivity index (χ4n) is 3.96. The Kier molecular flexibility index (Phi) is 8.43. The normalized spacial score (nSPS) is 15.1. The number of guanidine groups is 1. The smallest absolute Gasteiger partial charge is 0.191 e. The van der Waals surface area contributed by atoms with Gasteiger partial charge in [0.05, 0.1) is 0 Å². The summed E-state index contributed by atoms with van der Waals surface area (Å²) < 4.78 is 0. The van der Waals surface area contributed by atoms with Crippen molar-refractivity contribution in [3.05, 3.63) is 58.9 Å². The summed E-state index contributed by atoms with van der Waals surface area (Å²) in [6, 6.07) is 10.6. The maximum Gasteiger partial charge on any atom is 0.191 e. The molecule has 0 bridgehead atoms. The van der Waals surface area contributed by atoms with Gasteiger partial charge in [-0.3, -0.25) is 4.99 Å². The first kappa shape index (κ1) is 23.7. The van der Waals surface area contributed by atoms with Crippen molar-refractivity contribution in [2.24, 2.45) is 4.99 Å². The first-order valence-corrected chi connectivity index (χ1v) is 10.9. The van der Waals surface area contributed by atoms with Crippen molar-refractivity contribution in [2.75, 3.05) is 31.6 Å². The van der Waals surface area contributed by atoms with Gasteiger partial charge in [0.1, 0.15) is 5.82 Å². The van der Waals surface area contributed by atoms with Gasteiger partial charge in [-0.2, -0.15) is 0 Å². The Bertz CT molecular complexity index is 1010. The van der Waals surface area contributed by atoms with E-state index >= 15 is 0 Å². The summed E-state index contributed by atoms with van der Waals surface area (Å²) in [4.78, 5) is 14.6. The molecular formula is C23H30ClIN6. The van der Waals surface area contributed by atoms with E-state index in [1.807, 2.05) is 31.4 Å². The second-order valence-electron chi connectivity index (χ2n) is 7.85. The lowest BCUT2D eigenvalue weighted by Crippen LogP contribution is -2.49. The number of hydrogen-bond donors (Lipinski definition) is 3. The lowest BCUT2D eigenvalue weighted by molar-refractivity contribution is 0.459. The average Bonchev–Trinajstić information content (AvgIpc) is 3.16. The molecule has 0 aliphatic carbocycles. The van der Waals surface area contributed by atoms with Gasteiger partial charge < -0.3 is 20.5 Å². The molecule has 31 heavy (non-hydrogen) atoms. The number of aliphatic imine (C=N–C) groups is 1. The third-order valence-electron chi connectivity index (χ3n) is 5.70. The molecule has 1 aromatic carbocycles. The van der Waals surface area contributed by atoms with Crippen LogP contribution in [0.5, 0.6) is 0 Å². The Hall–Kier alpha value is -2.00. The summed E-state index contributed by atoms with van der Waals surface area (Å²) in [5.74, 6) is 1.93. The molecule has 166 valence electrons. The second kappa shape index (κ2) is 11.0. The number of aromatic nitrogens is 2. The van der Waals surface area contributed by atoms with Gasteiger partial charge in [0, 0.05) is 61.0 Å². The number of piperidine rings is 1. The van der Waals surface area contributed by atoms with E-state index < -0.39 is 0 Å². The largest absolute Gasteiger partial charge is 0.361 e. The molecule has 0 saturated carbocycles. The van der Waals surface area contributed by atoms with E-state index in [9.17, 15) is 0 Å². The summed E-state index contributed by atoms with van der Waals surface area (Å²) in [5.41, 5.74) is 3.57. The van der Waals surface area contributed by atoms with E-state index in [2.05, 4.69) is 55.7 Å². The molecular weight excluding hydrogens is 523 g/mol. The lowest BCUT2D eigenvalue weighted by atomic mass is 10.1. The van der Waals surface area contributed by atoms with Crippen molar-refractivity contribution < 1.29 is 0 Å². The molecule has 0 amide bonds. The van der Waals surface area contributed by atoms with Crippen molar-refractivity contribution in [1.29, 1.82) is 0 Å². The van der Waals surface area contributed by atoms with E-state index in [1.54, 1.807) is 0 Å². The SMILES string of the molecule is CN=C(NCCc1c[nH]c2ccc(Cl)cc12)NC1CCN(c2ccc(C)cn2)CC1.I. The van der Waals surface area contributed by atoms with Gasteiger partial charge in [-0.25, -0.2) is 4.98 Å². The van der Waals surface area contributed by atoms with Gasteiger partial charge in [-0.15, -0.1) is 24.0 Å². The van der Waals surface area contributed by atoms with Crippen LogP contribution in [-0.2, 0) is 6.42 Å². The molecule has 6 nitrogen and oxygen atoms in total. The Balaban J connectivity index is 0.00000272. The highest BCUT2D eigenvalue weighted by atomic mass is 127. The Labute approximate surface area is 205 Å². The van der Waals surface area contributed by atoms with Crippen LogP contribution >= 0.6 is 35.6 Å². The maximum absolute atomic E-state index is 6.15. The maximum atomic E-state index is 6.15. The minimum Gasteiger partial charge on any atom is -0.361 e. The van der Waals surface area contributed by atoms with Crippen molar-refractivity contribution in [3.8, 4) is 0 Å². The van der Waals surface area contributed by atoms with Crippen LogP contribution in [0.4, 0.5) is 5.82 Å². The fourth-order valence-corrected chi connectivity index (χ4v) is 4.13. The van der Waals surface area contributed by atoms with Crippen molar-refractivity contribution in [1.82, 2.24) is 20.6 Å². The molecule has 1 fully saturated rings. The van der Waals surface area contributed by atoms with E-state index in [-0.39, 0.29) is 24.0 Å². The quantitative estimate of drug-likeness (QED) is 0.247. The van der Waals surface area contributed by atoms with Gasteiger partial charge in [-0.1, -0.05) is 17.7 Å². The van der Waals surface area contributed by atoms with Gasteiger partial charge in [0.2, 0.25) is 0 Å². The zero-order valence-corrected chi connectivity index (χ0v) is 21.1. The standard InChI is InChI=1S/C23H29ClN6.HI/c1-16-3-6-22(28-14-16)30-11-8-19(9-12-30)29-23(25-2)26-10-7-17-15-27-21-5-4-18(24)13-20(17)21;/h3-6,13-15,19,27H,7-12H2,1-2H3,(H2,25,26,29);1H. The van der Waals surface area contributed by atoms with Crippen LogP contribution in [0.15, 0.2) is 47.7 Å². The van der Waals surface area contributed by atoms with Crippen LogP contribution in [0, 0.1) is 6.92 Å². The molecule has 0 radical (unpaired) electrons. The molecule has 2 aromatic heterocycles. The summed E-state index contributed by atoms with van der Waals surface area (Å²) in [6.45, 7) is 4.88. The topological polar surface area (TPSA) is 68.3 Å². The number of hydrogen-bond acceptors (Lipinski definition) is 3. The monoisotopic (exact) mass is 552 g/mol. The molecule has 0 unspecified atom stereocenters. The van der Waals surface area contributed by atoms with E-state index in [0.717, 1.165) is 61.2 Å². The summed E-state index contributed by atoms with van der Waals surface area (Å²) in [7, 11) is 1.83. The molecule has 1 saturated heterocycles. The molecule has 8 heteroatoms. The van der Waals surface area contributed by atoms with Crippen LogP contribution in [0.2, 0.25) is 5.02 Å². The van der Waals surface area contributed by atoms with Crippen LogP contribution in [0.25, 0.3) is 10.9 Å². The van der Waals surface area contributed by atoms with Gasteiger partial charge in [0.25, 0.3) is 0 Å². The number of nitrogens with one attached hydrogen (secondary N) is 3. The van der Waals surface area contributed by atoms with Crippen LogP contribution in [-0.4, -0.2) is 48.7 Å². The van der Waals surface area contributed by atoms with Gasteiger partial charge in [-0.05, 0) is 61.6 Å². The number of fused-ring (bicyclic) bond motifs is 1. The third-order valence-corrected chi connectivity index (χ3v) is 5.93. The molecule has 0 spiro atoms. The zero-order chi connectivity index (χ0) is 20.9. The number of H-pyrrole nitrogens is 1. The first-order chi connectivity index (χ1) is 14.6. The number of halogens is 2. The van der Waals surface area contributed by atoms with E-state index in [1.165, 1.54) is 16.5 Å². The van der Waals surface area contributed by atoms with Gasteiger partial charge in [0.15, 0.2) is 5.96 Å². The van der Waals surface area contributed by atoms with Crippen molar-refractivity contribution in [2.45, 2.75) is 32.2 Å². The fraction of sp³-hybridized carbons (Fsp3) is 0.391. The molecule has 1 aliphatic rings. The Morgan fingerprint density at radius 1 is 1.26 bits per heavy atom. The Morgan fingerprint density at radius 2 is 2.06 bits per heavy atom. The third kappa shape index (κ3) is 6.04. The predicted octanol–water partition coefficient (Wildman–Crippen LogP) is 4.52. The van der Waals surface area contributed by atoms with Crippen LogP contribution < -0.4 is 15.5 Å². The van der Waals surface area contributed by atoms with Crippen molar-refractivity contribution in [3.63, 3.8) is 0 Å². The molecule has 1 aliphatic heterocycles. The van der Waals surface area contributed by atoms with Crippen LogP contribution in [0.1, 0.15) is 24.0 Å². The van der Waals surface area contributed by atoms with Gasteiger partial charge >= 0.3 is 0 Å². The minimum atomic E-state index is 0. The summed E-state index contributed by atoms with van der Waals surface area (Å²) in [6.07, 6.45) is 7.04. The minimum absolute atomic E-state index is 0. The lowest BCUT2D eigenvalue weighted by Gasteiger charge is -2.33. The number of nitrogens with zero attached hydrogens (tertiary/aromatic N) is 3. The highest BCUT2D eigenvalue weighted by molar-refractivity contribution is 14.0. The first-order valence-electron chi connectivity index (χ1n) is 10.5. The number of pyridine rings is 1. The number of benzene rings is 1. The van der Waals surface area contributed by atoms with E-state index in [4.69, 9.17) is 11.6 Å². The predicted molar refractivity (Wildman–Crippen MR) is 141 cm³/mol. The number of aryl methyl sites for hydroxylation is 1. The highest BCUT2D eigenvalue weighted by Crippen LogP contribution is 2.22. The number of rotatable bonds is 5. The average molecular weight is 553 g/mol. The number of aromatic amines is 1.